The number of hydrogen-bond donors (Lipinski definition) is 0. The van der Waals surface area contributed by atoms with Crippen molar-refractivity contribution >= 4 is 14.7 Å². The van der Waals surface area contributed by atoms with E-state index in [1.54, 1.807) is 6.07 Å². The normalized spacial score (nSPS) is 22.6. The Morgan fingerprint density at radius 2 is 1.71 bits per heavy atom. The molecule has 1 nitrogen and oxygen atoms in total. The molecule has 0 unspecified atom stereocenters. The first kappa shape index (κ1) is 16.2. The molecule has 0 spiro atoms. The fourth-order valence-corrected chi connectivity index (χ4v) is 5.43. The maximum Gasteiger partial charge on any atom is 0.143 e. The van der Waals surface area contributed by atoms with E-state index in [4.69, 9.17) is 5.26 Å². The van der Waals surface area contributed by atoms with Crippen molar-refractivity contribution in [2.45, 2.75) is 51.5 Å². The van der Waals surface area contributed by atoms with Crippen LogP contribution in [-0.2, 0) is 0 Å². The molecule has 1 saturated carbocycles. The second-order valence-electron chi connectivity index (χ2n) is 6.26. The third kappa shape index (κ3) is 4.37. The molecule has 0 N–H and O–H groups in total. The first-order valence-corrected chi connectivity index (χ1v) is 9.72. The molecule has 0 amide bonds. The largest absolute Gasteiger partial charge is 0.205 e. The van der Waals surface area contributed by atoms with Crippen LogP contribution in [0.5, 0.6) is 0 Å². The molecule has 0 radical (unpaired) electrons. The van der Waals surface area contributed by atoms with E-state index < -0.39 is 26.7 Å². The summed E-state index contributed by atoms with van der Waals surface area (Å²) in [7, 11) is -0.641. The highest BCUT2D eigenvalue weighted by Gasteiger charge is 2.20. The van der Waals surface area contributed by atoms with Crippen molar-refractivity contribution in [3.05, 3.63) is 29.3 Å². The lowest BCUT2D eigenvalue weighted by Gasteiger charge is -2.28. The van der Waals surface area contributed by atoms with Crippen molar-refractivity contribution in [2.75, 3.05) is 0 Å². The van der Waals surface area contributed by atoms with Crippen LogP contribution < -0.4 is 5.19 Å². The molecule has 1 aromatic rings. The van der Waals surface area contributed by atoms with Crippen LogP contribution in [0.2, 0.25) is 6.04 Å². The lowest BCUT2D eigenvalue weighted by Crippen LogP contribution is -2.22. The van der Waals surface area contributed by atoms with Crippen LogP contribution in [-0.4, -0.2) is 9.52 Å². The molecule has 0 aromatic heterocycles. The second kappa shape index (κ2) is 7.70. The summed E-state index contributed by atoms with van der Waals surface area (Å²) in [6.07, 6.45) is 7.81. The van der Waals surface area contributed by atoms with Gasteiger partial charge in [-0.2, -0.15) is 5.26 Å². The Morgan fingerprint density at radius 3 is 2.24 bits per heavy atom. The van der Waals surface area contributed by atoms with Crippen LogP contribution in [0.3, 0.4) is 0 Å². The Bertz CT molecular complexity index is 493. The van der Waals surface area contributed by atoms with Gasteiger partial charge in [0.15, 0.2) is 0 Å². The Hall–Kier alpha value is -1.21. The molecule has 0 atom stereocenters. The van der Waals surface area contributed by atoms with E-state index in [1.807, 2.05) is 0 Å². The predicted octanol–water partition coefficient (Wildman–Crippen LogP) is 3.66. The summed E-state index contributed by atoms with van der Waals surface area (Å²) < 4.78 is 27.1. The van der Waals surface area contributed by atoms with Gasteiger partial charge in [0.2, 0.25) is 0 Å². The molecular weight excluding hydrogens is 284 g/mol. The first-order valence-electron chi connectivity index (χ1n) is 8.02. The Balaban J connectivity index is 1.86. The number of nitriles is 1. The molecule has 21 heavy (non-hydrogen) atoms. The monoisotopic (exact) mass is 307 g/mol. The molecule has 1 aromatic carbocycles. The molecule has 4 heteroatoms. The molecule has 2 rings (SSSR count). The third-order valence-corrected chi connectivity index (χ3v) is 6.81. The zero-order valence-electron chi connectivity index (χ0n) is 12.7. The Kier molecular flexibility index (Phi) is 5.92. The van der Waals surface area contributed by atoms with E-state index in [-0.39, 0.29) is 0 Å². The van der Waals surface area contributed by atoms with Gasteiger partial charge in [-0.05, 0) is 24.0 Å². The molecule has 0 saturated heterocycles. The minimum absolute atomic E-state index is 0.451. The quantitative estimate of drug-likeness (QED) is 0.762. The lowest BCUT2D eigenvalue weighted by molar-refractivity contribution is 0.276. The summed E-state index contributed by atoms with van der Waals surface area (Å²) in [6, 6.07) is 5.45. The van der Waals surface area contributed by atoms with Gasteiger partial charge in [-0.1, -0.05) is 56.7 Å². The number of nitrogens with zero attached hydrogens (tertiary/aromatic N) is 1. The zero-order chi connectivity index (χ0) is 15.2. The first-order chi connectivity index (χ1) is 10.1. The maximum atomic E-state index is 13.6. The van der Waals surface area contributed by atoms with Crippen LogP contribution in [0, 0.1) is 34.8 Å². The molecule has 0 bridgehead atoms. The Morgan fingerprint density at radius 1 is 1.14 bits per heavy atom. The predicted molar refractivity (Wildman–Crippen MR) is 84.4 cm³/mol. The Labute approximate surface area is 128 Å². The van der Waals surface area contributed by atoms with Crippen molar-refractivity contribution in [1.82, 2.24) is 0 Å². The summed E-state index contributed by atoms with van der Waals surface area (Å²) in [6.45, 7) is 2.24. The van der Waals surface area contributed by atoms with E-state index in [9.17, 15) is 8.78 Å². The van der Waals surface area contributed by atoms with Gasteiger partial charge in [0.25, 0.3) is 0 Å². The van der Waals surface area contributed by atoms with Crippen molar-refractivity contribution in [3.63, 3.8) is 0 Å². The van der Waals surface area contributed by atoms with Gasteiger partial charge < -0.3 is 0 Å². The van der Waals surface area contributed by atoms with E-state index in [1.165, 1.54) is 50.7 Å². The highest BCUT2D eigenvalue weighted by atomic mass is 28.2. The summed E-state index contributed by atoms with van der Waals surface area (Å²) in [4.78, 5) is 0. The third-order valence-electron chi connectivity index (χ3n) is 4.72. The molecule has 1 aliphatic rings. The molecular formula is C17H23F2NSi. The van der Waals surface area contributed by atoms with Gasteiger partial charge in [0, 0.05) is 0 Å². The number of benzene rings is 1. The summed E-state index contributed by atoms with van der Waals surface area (Å²) in [5.74, 6) is 0.238. The van der Waals surface area contributed by atoms with E-state index >= 15 is 0 Å². The molecule has 114 valence electrons. The van der Waals surface area contributed by atoms with Crippen LogP contribution in [0.25, 0.3) is 0 Å². The van der Waals surface area contributed by atoms with Crippen molar-refractivity contribution < 1.29 is 8.78 Å². The van der Waals surface area contributed by atoms with E-state index in [0.717, 1.165) is 23.1 Å². The molecule has 1 aliphatic carbocycles. The van der Waals surface area contributed by atoms with Gasteiger partial charge in [-0.15, -0.1) is 0 Å². The topological polar surface area (TPSA) is 23.8 Å². The standard InChI is InChI=1S/C17H23F2NSi/c1-2-3-12-4-6-13(7-5-12)11-21-14-8-16(18)15(10-20)17(19)9-14/h8-9,12-13H,2-7,11,21H2,1H3. The van der Waals surface area contributed by atoms with Gasteiger partial charge in [0.05, 0.1) is 9.52 Å². The highest BCUT2D eigenvalue weighted by Crippen LogP contribution is 2.33. The van der Waals surface area contributed by atoms with Crippen molar-refractivity contribution in [1.29, 1.82) is 5.26 Å². The van der Waals surface area contributed by atoms with Crippen LogP contribution in [0.1, 0.15) is 51.0 Å². The molecule has 0 heterocycles. The summed E-state index contributed by atoms with van der Waals surface area (Å²) >= 11 is 0. The maximum absolute atomic E-state index is 13.6. The molecule has 0 aliphatic heterocycles. The highest BCUT2D eigenvalue weighted by molar-refractivity contribution is 6.53. The van der Waals surface area contributed by atoms with Gasteiger partial charge in [-0.25, -0.2) is 8.78 Å². The van der Waals surface area contributed by atoms with Crippen LogP contribution >= 0.6 is 0 Å². The minimum atomic E-state index is -0.702. The minimum Gasteiger partial charge on any atom is -0.205 e. The van der Waals surface area contributed by atoms with Crippen LogP contribution in [0.15, 0.2) is 12.1 Å². The lowest BCUT2D eigenvalue weighted by atomic mass is 9.81. The van der Waals surface area contributed by atoms with Crippen molar-refractivity contribution in [3.8, 4) is 6.07 Å². The summed E-state index contributed by atoms with van der Waals surface area (Å²) in [5.41, 5.74) is -0.451. The summed E-state index contributed by atoms with van der Waals surface area (Å²) in [5, 5.41) is 9.48. The smallest absolute Gasteiger partial charge is 0.143 e. The SMILES string of the molecule is CCCC1CCC(C[SiH2]c2cc(F)c(C#N)c(F)c2)CC1. The van der Waals surface area contributed by atoms with E-state index in [0.29, 0.717) is 0 Å². The molecule has 1 fully saturated rings. The average Bonchev–Trinajstić information content (AvgIpc) is 2.47. The fourth-order valence-electron chi connectivity index (χ4n) is 3.46. The number of rotatable bonds is 5. The fraction of sp³-hybridized carbons (Fsp3) is 0.588. The van der Waals surface area contributed by atoms with Crippen molar-refractivity contribution in [2.24, 2.45) is 11.8 Å². The van der Waals surface area contributed by atoms with Gasteiger partial charge in [-0.3, -0.25) is 0 Å². The van der Waals surface area contributed by atoms with Crippen LogP contribution in [0.4, 0.5) is 8.78 Å². The number of hydrogen-bond acceptors (Lipinski definition) is 1. The van der Waals surface area contributed by atoms with Gasteiger partial charge in [0.1, 0.15) is 23.3 Å². The number of halogens is 2. The zero-order valence-corrected chi connectivity index (χ0v) is 14.1. The average molecular weight is 307 g/mol. The second-order valence-corrected chi connectivity index (χ2v) is 8.15. The van der Waals surface area contributed by atoms with E-state index in [2.05, 4.69) is 6.92 Å². The van der Waals surface area contributed by atoms with Gasteiger partial charge >= 0.3 is 0 Å².